The molecule has 0 bridgehead atoms. The molecule has 0 radical (unpaired) electrons. The summed E-state index contributed by atoms with van der Waals surface area (Å²) in [4.78, 5) is 13.9. The van der Waals surface area contributed by atoms with Crippen LogP contribution in [0.5, 0.6) is 0 Å². The summed E-state index contributed by atoms with van der Waals surface area (Å²) in [6.45, 7) is 10.1. The summed E-state index contributed by atoms with van der Waals surface area (Å²) in [6, 6.07) is 0.154. The minimum absolute atomic E-state index is 0.00933. The summed E-state index contributed by atoms with van der Waals surface area (Å²) in [5.41, 5.74) is 5.52. The molecule has 0 rings (SSSR count). The highest BCUT2D eigenvalue weighted by atomic mass is 32.1. The Balaban J connectivity index is 4.66. The normalized spacial score (nSPS) is 15.6. The van der Waals surface area contributed by atoms with Crippen LogP contribution < -0.4 is 5.73 Å². The molecule has 15 heavy (non-hydrogen) atoms. The Morgan fingerprint density at radius 2 is 1.73 bits per heavy atom. The van der Waals surface area contributed by atoms with Gasteiger partial charge in [0, 0.05) is 13.1 Å². The first-order valence-corrected chi connectivity index (χ1v) is 5.55. The zero-order chi connectivity index (χ0) is 12.4. The number of carbonyl (C=O) groups is 1. The number of nitrogens with two attached hydrogens (primary N) is 1. The molecule has 0 spiro atoms. The molecule has 0 aromatic heterocycles. The van der Waals surface area contributed by atoms with Crippen LogP contribution in [0.15, 0.2) is 0 Å². The van der Waals surface area contributed by atoms with Crippen LogP contribution in [-0.4, -0.2) is 28.9 Å². The van der Waals surface area contributed by atoms with Gasteiger partial charge in [-0.1, -0.05) is 33.0 Å². The first kappa shape index (κ1) is 14.4. The first-order chi connectivity index (χ1) is 6.59. The van der Waals surface area contributed by atoms with E-state index in [1.165, 1.54) is 0 Å². The molecule has 0 aliphatic heterocycles. The predicted octanol–water partition coefficient (Wildman–Crippen LogP) is 1.80. The Bertz CT molecular complexity index is 258. The zero-order valence-electron chi connectivity index (χ0n) is 10.5. The monoisotopic (exact) mass is 230 g/mol. The average molecular weight is 230 g/mol. The molecule has 3 nitrogen and oxygen atoms in total. The number of rotatable bonds is 3. The van der Waals surface area contributed by atoms with E-state index in [9.17, 15) is 4.79 Å². The fourth-order valence-corrected chi connectivity index (χ4v) is 1.30. The molecule has 88 valence electrons. The lowest BCUT2D eigenvalue weighted by atomic mass is 9.86. The third-order valence-electron chi connectivity index (χ3n) is 2.98. The van der Waals surface area contributed by atoms with Gasteiger partial charge >= 0.3 is 0 Å². The van der Waals surface area contributed by atoms with Crippen molar-refractivity contribution in [3.63, 3.8) is 0 Å². The number of carbonyl (C=O) groups excluding carboxylic acids is 1. The Morgan fingerprint density at radius 1 is 1.33 bits per heavy atom. The molecule has 0 aliphatic carbocycles. The van der Waals surface area contributed by atoms with Crippen LogP contribution >= 0.6 is 12.2 Å². The van der Waals surface area contributed by atoms with Crippen molar-refractivity contribution < 1.29 is 4.79 Å². The highest BCUT2D eigenvalue weighted by Crippen LogP contribution is 2.24. The van der Waals surface area contributed by atoms with Gasteiger partial charge in [0.2, 0.25) is 5.91 Å². The van der Waals surface area contributed by atoms with E-state index in [0.717, 1.165) is 0 Å². The minimum Gasteiger partial charge on any atom is -0.393 e. The van der Waals surface area contributed by atoms with Gasteiger partial charge in [-0.15, -0.1) is 0 Å². The summed E-state index contributed by atoms with van der Waals surface area (Å²) >= 11 is 4.82. The second kappa shape index (κ2) is 4.92. The van der Waals surface area contributed by atoms with Gasteiger partial charge in [0.25, 0.3) is 0 Å². The Kier molecular flexibility index (Phi) is 4.71. The third kappa shape index (κ3) is 3.78. The van der Waals surface area contributed by atoms with Crippen molar-refractivity contribution in [1.29, 1.82) is 0 Å². The maximum Gasteiger partial charge on any atom is 0.232 e. The summed E-state index contributed by atoms with van der Waals surface area (Å²) in [5.74, 6) is -0.389. The Morgan fingerprint density at radius 3 is 2.00 bits per heavy atom. The Labute approximate surface area is 98.0 Å². The summed E-state index contributed by atoms with van der Waals surface area (Å²) in [7, 11) is 1.80. The second-order valence-electron chi connectivity index (χ2n) is 5.12. The molecule has 2 N–H and O–H groups in total. The molecule has 2 unspecified atom stereocenters. The van der Waals surface area contributed by atoms with E-state index in [1.807, 2.05) is 6.92 Å². The molecular weight excluding hydrogens is 208 g/mol. The van der Waals surface area contributed by atoms with E-state index in [0.29, 0.717) is 0 Å². The average Bonchev–Trinajstić information content (AvgIpc) is 2.11. The molecule has 0 aromatic rings. The topological polar surface area (TPSA) is 46.3 Å². The van der Waals surface area contributed by atoms with Crippen LogP contribution in [0.25, 0.3) is 0 Å². The van der Waals surface area contributed by atoms with Crippen LogP contribution in [0, 0.1) is 11.3 Å². The van der Waals surface area contributed by atoms with Crippen LogP contribution in [-0.2, 0) is 4.79 Å². The van der Waals surface area contributed by atoms with E-state index in [4.69, 9.17) is 18.0 Å². The smallest absolute Gasteiger partial charge is 0.232 e. The molecule has 4 heteroatoms. The van der Waals surface area contributed by atoms with E-state index in [2.05, 4.69) is 20.8 Å². The summed E-state index contributed by atoms with van der Waals surface area (Å²) < 4.78 is 0. The van der Waals surface area contributed by atoms with E-state index in [-0.39, 0.29) is 28.3 Å². The summed E-state index contributed by atoms with van der Waals surface area (Å²) in [5, 5.41) is 0. The van der Waals surface area contributed by atoms with Crippen molar-refractivity contribution in [2.75, 3.05) is 7.05 Å². The lowest BCUT2D eigenvalue weighted by Gasteiger charge is -2.36. The summed E-state index contributed by atoms with van der Waals surface area (Å²) in [6.07, 6.45) is 0. The van der Waals surface area contributed by atoms with Crippen molar-refractivity contribution in [3.05, 3.63) is 0 Å². The maximum absolute atomic E-state index is 11.9. The molecule has 0 aliphatic rings. The van der Waals surface area contributed by atoms with Gasteiger partial charge in [-0.05, 0) is 19.3 Å². The van der Waals surface area contributed by atoms with Crippen molar-refractivity contribution in [2.45, 2.75) is 40.7 Å². The van der Waals surface area contributed by atoms with Gasteiger partial charge in [-0.3, -0.25) is 4.79 Å². The molecule has 0 fully saturated rings. The molecule has 0 saturated heterocycles. The number of nitrogens with zero attached hydrogens (tertiary/aromatic N) is 1. The largest absolute Gasteiger partial charge is 0.393 e. The van der Waals surface area contributed by atoms with E-state index in [1.54, 1.807) is 18.9 Å². The number of hydrogen-bond donors (Lipinski definition) is 1. The molecule has 0 aromatic carbocycles. The highest BCUT2D eigenvalue weighted by molar-refractivity contribution is 7.80. The predicted molar refractivity (Wildman–Crippen MR) is 67.6 cm³/mol. The third-order valence-corrected chi connectivity index (χ3v) is 3.33. The lowest BCUT2D eigenvalue weighted by molar-refractivity contribution is -0.135. The fraction of sp³-hybridized carbons (Fsp3) is 0.818. The highest BCUT2D eigenvalue weighted by Gasteiger charge is 2.29. The second-order valence-corrected chi connectivity index (χ2v) is 5.59. The quantitative estimate of drug-likeness (QED) is 0.752. The van der Waals surface area contributed by atoms with Crippen molar-refractivity contribution in [3.8, 4) is 0 Å². The molecule has 0 heterocycles. The maximum atomic E-state index is 11.9. The van der Waals surface area contributed by atoms with Crippen LogP contribution in [0.4, 0.5) is 0 Å². The van der Waals surface area contributed by atoms with Crippen LogP contribution in [0.3, 0.4) is 0 Å². The zero-order valence-corrected chi connectivity index (χ0v) is 11.3. The number of thiocarbonyl (C=S) groups is 1. The number of hydrogen-bond acceptors (Lipinski definition) is 2. The molecule has 1 amide bonds. The van der Waals surface area contributed by atoms with Crippen molar-refractivity contribution in [2.24, 2.45) is 17.1 Å². The fourth-order valence-electron chi connectivity index (χ4n) is 1.20. The van der Waals surface area contributed by atoms with Gasteiger partial charge in [0.1, 0.15) is 0 Å². The van der Waals surface area contributed by atoms with Crippen LogP contribution in [0.2, 0.25) is 0 Å². The van der Waals surface area contributed by atoms with Crippen molar-refractivity contribution in [1.82, 2.24) is 4.90 Å². The van der Waals surface area contributed by atoms with E-state index < -0.39 is 0 Å². The number of amides is 1. The molecular formula is C11H22N2OS. The van der Waals surface area contributed by atoms with Gasteiger partial charge < -0.3 is 10.6 Å². The standard InChI is InChI=1S/C11H22N2OS/c1-7(9(12)15)10(14)13(6)8(2)11(3,4)5/h7-8H,1-6H3,(H2,12,15). The first-order valence-electron chi connectivity index (χ1n) is 5.15. The van der Waals surface area contributed by atoms with Gasteiger partial charge in [-0.25, -0.2) is 0 Å². The Hall–Kier alpha value is -0.640. The lowest BCUT2D eigenvalue weighted by Crippen LogP contribution is -2.47. The molecule has 0 saturated carbocycles. The minimum atomic E-state index is -0.380. The van der Waals surface area contributed by atoms with E-state index >= 15 is 0 Å². The van der Waals surface area contributed by atoms with Gasteiger partial charge in [0.15, 0.2) is 0 Å². The van der Waals surface area contributed by atoms with Gasteiger partial charge in [0.05, 0.1) is 10.9 Å². The SMILES string of the molecule is CC(C(=O)N(C)C(C)C(C)(C)C)C(N)=S. The van der Waals surface area contributed by atoms with Gasteiger partial charge in [-0.2, -0.15) is 0 Å². The molecule has 2 atom stereocenters. The van der Waals surface area contributed by atoms with Crippen LogP contribution in [0.1, 0.15) is 34.6 Å². The van der Waals surface area contributed by atoms with Crippen molar-refractivity contribution >= 4 is 23.1 Å².